The topological polar surface area (TPSA) is 180 Å². The van der Waals surface area contributed by atoms with Crippen LogP contribution in [0.4, 0.5) is 0 Å². The summed E-state index contributed by atoms with van der Waals surface area (Å²) in [5.74, 6) is -6.98. The standard InChI is InChI=1S/C47H72O13/c1-11-32(42(50)51)34-17-16-26(4)40(56-34)30(8)38(48)29(7)39(49)33(12-2)41-27(5)25-28(6)46(58-41)21-19-37(57-43(52)35-15-14-24-54-35)47(60-46)23-22-44(10,59-47)36-18-20-45(53,13-3)31(9)55-36/h14-15,19,21,24,26-34,36-38,40-41,48,53H,11-13,16-18,20,22-23,25H2,1-10H3,(H,50,51)/t26-,27-,28+,29-,30-,31-,32+,33-,34+,36+,37+,38+,40+,41-,44-,45+,46-,47-/m0/s1. The summed E-state index contributed by atoms with van der Waals surface area (Å²) >= 11 is 0. The van der Waals surface area contributed by atoms with E-state index in [1.165, 1.54) is 12.3 Å². The lowest BCUT2D eigenvalue weighted by Gasteiger charge is -2.54. The van der Waals surface area contributed by atoms with Crippen molar-refractivity contribution in [1.82, 2.24) is 0 Å². The smallest absolute Gasteiger partial charge is 0.375 e. The van der Waals surface area contributed by atoms with Gasteiger partial charge in [0, 0.05) is 30.1 Å². The number of hydrogen-bond donors (Lipinski definition) is 3. The summed E-state index contributed by atoms with van der Waals surface area (Å²) in [6, 6.07) is 3.15. The highest BCUT2D eigenvalue weighted by Crippen LogP contribution is 2.55. The van der Waals surface area contributed by atoms with Crippen LogP contribution in [0.1, 0.15) is 144 Å². The first-order valence-corrected chi connectivity index (χ1v) is 22.8. The Morgan fingerprint density at radius 2 is 1.63 bits per heavy atom. The summed E-state index contributed by atoms with van der Waals surface area (Å²) in [4.78, 5) is 40.0. The minimum absolute atomic E-state index is 0.0441. The molecule has 13 heteroatoms. The second-order valence-corrected chi connectivity index (χ2v) is 19.3. The third-order valence-corrected chi connectivity index (χ3v) is 15.4. The lowest BCUT2D eigenvalue weighted by atomic mass is 9.72. The van der Waals surface area contributed by atoms with E-state index in [9.17, 15) is 29.7 Å². The van der Waals surface area contributed by atoms with Crippen molar-refractivity contribution in [3.63, 3.8) is 0 Å². The van der Waals surface area contributed by atoms with Crippen molar-refractivity contribution >= 4 is 17.7 Å². The molecule has 5 aliphatic rings. The number of aliphatic hydroxyl groups is 2. The maximum Gasteiger partial charge on any atom is 0.375 e. The van der Waals surface area contributed by atoms with Gasteiger partial charge in [-0.25, -0.2) is 4.79 Å². The molecule has 0 bridgehead atoms. The number of Topliss-reactive ketones (excluding diaryl/α,β-unsaturated/α-hetero) is 1. The summed E-state index contributed by atoms with van der Waals surface area (Å²) < 4.78 is 45.7. The van der Waals surface area contributed by atoms with E-state index >= 15 is 0 Å². The minimum Gasteiger partial charge on any atom is -0.481 e. The number of carbonyl (C=O) groups is 3. The lowest BCUT2D eigenvalue weighted by molar-refractivity contribution is -0.408. The molecule has 0 amide bonds. The van der Waals surface area contributed by atoms with Crippen molar-refractivity contribution in [2.75, 3.05) is 0 Å². The lowest BCUT2D eigenvalue weighted by Crippen LogP contribution is -2.63. The van der Waals surface area contributed by atoms with E-state index in [0.29, 0.717) is 57.8 Å². The summed E-state index contributed by atoms with van der Waals surface area (Å²) in [6.07, 6.45) is 6.33. The number of carbonyl (C=O) groups excluding carboxylic acids is 2. The van der Waals surface area contributed by atoms with Gasteiger partial charge in [-0.15, -0.1) is 0 Å². The fraction of sp³-hybridized carbons (Fsp3) is 0.809. The monoisotopic (exact) mass is 844 g/mol. The van der Waals surface area contributed by atoms with E-state index in [4.69, 9.17) is 32.8 Å². The van der Waals surface area contributed by atoms with Gasteiger partial charge in [-0.1, -0.05) is 55.4 Å². The molecule has 0 saturated carbocycles. The Labute approximate surface area is 356 Å². The molecule has 4 saturated heterocycles. The van der Waals surface area contributed by atoms with Crippen molar-refractivity contribution < 1.29 is 62.5 Å². The van der Waals surface area contributed by atoms with E-state index in [1.807, 2.05) is 41.5 Å². The molecule has 6 rings (SSSR count). The molecule has 18 atom stereocenters. The zero-order valence-electron chi connectivity index (χ0n) is 37.5. The molecule has 13 nitrogen and oxygen atoms in total. The molecular weight excluding hydrogens is 773 g/mol. The van der Waals surface area contributed by atoms with Gasteiger partial charge in [-0.3, -0.25) is 9.59 Å². The molecule has 60 heavy (non-hydrogen) atoms. The summed E-state index contributed by atoms with van der Waals surface area (Å²) in [5.41, 5.74) is -1.79. The number of hydrogen-bond acceptors (Lipinski definition) is 12. The van der Waals surface area contributed by atoms with Crippen LogP contribution in [0.2, 0.25) is 0 Å². The van der Waals surface area contributed by atoms with Gasteiger partial charge >= 0.3 is 11.9 Å². The molecule has 4 fully saturated rings. The molecular formula is C47H72O13. The summed E-state index contributed by atoms with van der Waals surface area (Å²) in [6.45, 7) is 19.5. The molecule has 2 spiro atoms. The summed E-state index contributed by atoms with van der Waals surface area (Å²) in [7, 11) is 0. The number of carboxylic acid groups (broad SMARTS) is 1. The van der Waals surface area contributed by atoms with Crippen molar-refractivity contribution in [2.24, 2.45) is 41.4 Å². The highest BCUT2D eigenvalue weighted by atomic mass is 16.8. The Morgan fingerprint density at radius 1 is 0.917 bits per heavy atom. The predicted octanol–water partition coefficient (Wildman–Crippen LogP) is 7.65. The molecule has 3 N–H and O–H groups in total. The summed E-state index contributed by atoms with van der Waals surface area (Å²) in [5, 5.41) is 32.9. The van der Waals surface area contributed by atoms with Crippen molar-refractivity contribution in [3.8, 4) is 0 Å². The number of rotatable bonds is 14. The Hall–Kier alpha value is -2.65. The number of aliphatic carboxylic acids is 1. The van der Waals surface area contributed by atoms with E-state index in [2.05, 4.69) is 20.8 Å². The van der Waals surface area contributed by atoms with Gasteiger partial charge in [-0.2, -0.15) is 0 Å². The first kappa shape index (κ1) is 46.8. The molecule has 0 radical (unpaired) electrons. The van der Waals surface area contributed by atoms with Gasteiger partial charge in [-0.05, 0) is 108 Å². The van der Waals surface area contributed by atoms with Crippen LogP contribution in [0.15, 0.2) is 35.0 Å². The molecule has 0 aliphatic carbocycles. The van der Waals surface area contributed by atoms with Crippen LogP contribution >= 0.6 is 0 Å². The number of carboxylic acids is 1. The van der Waals surface area contributed by atoms with Crippen molar-refractivity contribution in [2.45, 2.75) is 199 Å². The van der Waals surface area contributed by atoms with Gasteiger partial charge in [0.2, 0.25) is 11.5 Å². The highest BCUT2D eigenvalue weighted by Gasteiger charge is 2.64. The van der Waals surface area contributed by atoms with E-state index in [-0.39, 0.29) is 35.4 Å². The van der Waals surface area contributed by atoms with Crippen LogP contribution in [0.5, 0.6) is 0 Å². The second-order valence-electron chi connectivity index (χ2n) is 19.3. The van der Waals surface area contributed by atoms with Gasteiger partial charge in [0.25, 0.3) is 0 Å². The average molecular weight is 845 g/mol. The van der Waals surface area contributed by atoms with E-state index in [1.54, 1.807) is 25.1 Å². The second kappa shape index (κ2) is 18.2. The predicted molar refractivity (Wildman–Crippen MR) is 221 cm³/mol. The van der Waals surface area contributed by atoms with Gasteiger partial charge in [0.05, 0.1) is 60.0 Å². The zero-order chi connectivity index (χ0) is 43.9. The van der Waals surface area contributed by atoms with Crippen molar-refractivity contribution in [3.05, 3.63) is 36.3 Å². The zero-order valence-corrected chi connectivity index (χ0v) is 37.5. The van der Waals surface area contributed by atoms with Crippen LogP contribution in [-0.4, -0.2) is 98.5 Å². The molecule has 6 heterocycles. The number of ether oxygens (including phenoxy) is 6. The first-order chi connectivity index (χ1) is 28.3. The molecule has 0 unspecified atom stereocenters. The average Bonchev–Trinajstić information content (AvgIpc) is 3.88. The van der Waals surface area contributed by atoms with Crippen molar-refractivity contribution in [1.29, 1.82) is 0 Å². The fourth-order valence-electron chi connectivity index (χ4n) is 11.2. The maximum atomic E-state index is 14.6. The third-order valence-electron chi connectivity index (χ3n) is 15.4. The van der Waals surface area contributed by atoms with Gasteiger partial charge in [0.15, 0.2) is 11.9 Å². The molecule has 1 aromatic rings. The Morgan fingerprint density at radius 3 is 2.25 bits per heavy atom. The Kier molecular flexibility index (Phi) is 14.2. The first-order valence-electron chi connectivity index (χ1n) is 22.8. The highest BCUT2D eigenvalue weighted by molar-refractivity contribution is 5.86. The van der Waals surface area contributed by atoms with Crippen LogP contribution < -0.4 is 0 Å². The third kappa shape index (κ3) is 8.79. The maximum absolute atomic E-state index is 14.6. The van der Waals surface area contributed by atoms with E-state index < -0.39 is 95.0 Å². The van der Waals surface area contributed by atoms with E-state index in [0.717, 1.165) is 6.42 Å². The minimum atomic E-state index is -1.48. The number of aliphatic hydroxyl groups excluding tert-OH is 1. The normalized spacial score (nSPS) is 42.0. The van der Waals surface area contributed by atoms with Crippen LogP contribution in [-0.2, 0) is 38.0 Å². The van der Waals surface area contributed by atoms with Crippen LogP contribution in [0.3, 0.4) is 0 Å². The van der Waals surface area contributed by atoms with Gasteiger partial charge < -0.3 is 48.2 Å². The molecule has 1 aromatic heterocycles. The molecule has 0 aromatic carbocycles. The number of esters is 1. The van der Waals surface area contributed by atoms with Crippen LogP contribution in [0, 0.1) is 41.4 Å². The van der Waals surface area contributed by atoms with Gasteiger partial charge in [0.1, 0.15) is 5.78 Å². The Bertz CT molecular complexity index is 1680. The SMILES string of the molecule is CC[C@@H](C(=O)[C@@H](C)[C@@H](O)[C@H](C)[C@@H]1O[C@@H]([C@@H](CC)C(=O)O)CC[C@@H]1C)[C@H]1O[C@]2(C=C[C@@H](OC(=O)c3ccco3)[C@]3(CC[C@@](C)([C@H]4CC[C@](O)(CC)[C@H](C)O4)O3)O2)[C@H](C)C[C@@H]1C. The number of ketones is 1. The molecule has 338 valence electrons. The Balaban J connectivity index is 1.24. The quantitative estimate of drug-likeness (QED) is 0.123. The number of furan rings is 1. The largest absolute Gasteiger partial charge is 0.481 e. The molecule has 5 aliphatic heterocycles. The van der Waals surface area contributed by atoms with Crippen LogP contribution in [0.25, 0.3) is 0 Å². The fourth-order valence-corrected chi connectivity index (χ4v) is 11.2.